The predicted molar refractivity (Wildman–Crippen MR) is 68.1 cm³/mol. The molecular formula is C13H20O8. The van der Waals surface area contributed by atoms with Crippen LogP contribution in [0.2, 0.25) is 0 Å². The Morgan fingerprint density at radius 1 is 1.00 bits per heavy atom. The van der Waals surface area contributed by atoms with Gasteiger partial charge in [-0.25, -0.2) is 0 Å². The SMILES string of the molecule is CC(=O)OCC1O[C@@H](C)C(OC(C)=O)[C@@H](O)[C@H]1OC(C)=O. The molecule has 0 aromatic rings. The van der Waals surface area contributed by atoms with Gasteiger partial charge in [-0.3, -0.25) is 14.4 Å². The Morgan fingerprint density at radius 2 is 1.52 bits per heavy atom. The standard InChI is InChI=1S/C13H20O8/c1-6-12(20-8(3)15)11(17)13(21-9(4)16)10(19-6)5-18-7(2)14/h6,10-13,17H,5H2,1-4H3/t6-,10?,11+,12?,13-/m0/s1. The Labute approximate surface area is 122 Å². The number of carbonyl (C=O) groups is 3. The quantitative estimate of drug-likeness (QED) is 0.550. The second kappa shape index (κ2) is 7.37. The lowest BCUT2D eigenvalue weighted by atomic mass is 9.95. The third-order valence-electron chi connectivity index (χ3n) is 2.95. The molecular weight excluding hydrogens is 284 g/mol. The summed E-state index contributed by atoms with van der Waals surface area (Å²) in [6.45, 7) is 5.02. The van der Waals surface area contributed by atoms with E-state index in [-0.39, 0.29) is 6.61 Å². The summed E-state index contributed by atoms with van der Waals surface area (Å²) in [5.41, 5.74) is 0. The van der Waals surface area contributed by atoms with E-state index in [1.165, 1.54) is 20.8 Å². The van der Waals surface area contributed by atoms with Crippen LogP contribution in [0.4, 0.5) is 0 Å². The number of aliphatic hydroxyl groups excluding tert-OH is 1. The van der Waals surface area contributed by atoms with Crippen molar-refractivity contribution in [2.75, 3.05) is 6.61 Å². The van der Waals surface area contributed by atoms with E-state index in [0.717, 1.165) is 0 Å². The lowest BCUT2D eigenvalue weighted by molar-refractivity contribution is -0.243. The molecule has 8 nitrogen and oxygen atoms in total. The van der Waals surface area contributed by atoms with Crippen molar-refractivity contribution in [2.24, 2.45) is 0 Å². The van der Waals surface area contributed by atoms with E-state index in [9.17, 15) is 19.5 Å². The van der Waals surface area contributed by atoms with Crippen molar-refractivity contribution < 1.29 is 38.4 Å². The lowest BCUT2D eigenvalue weighted by Gasteiger charge is -2.42. The molecule has 5 atom stereocenters. The molecule has 0 amide bonds. The van der Waals surface area contributed by atoms with Crippen molar-refractivity contribution in [3.05, 3.63) is 0 Å². The molecule has 1 aliphatic rings. The topological polar surface area (TPSA) is 108 Å². The number of ether oxygens (including phenoxy) is 4. The molecule has 21 heavy (non-hydrogen) atoms. The molecule has 1 rings (SSSR count). The summed E-state index contributed by atoms with van der Waals surface area (Å²) < 4.78 is 20.4. The van der Waals surface area contributed by atoms with E-state index in [2.05, 4.69) is 0 Å². The molecule has 0 aromatic carbocycles. The number of hydrogen-bond acceptors (Lipinski definition) is 8. The van der Waals surface area contributed by atoms with Gasteiger partial charge < -0.3 is 24.1 Å². The van der Waals surface area contributed by atoms with Crippen LogP contribution in [0.15, 0.2) is 0 Å². The first kappa shape index (κ1) is 17.4. The van der Waals surface area contributed by atoms with E-state index >= 15 is 0 Å². The molecule has 0 aliphatic carbocycles. The first-order valence-corrected chi connectivity index (χ1v) is 6.53. The summed E-state index contributed by atoms with van der Waals surface area (Å²) in [6, 6.07) is 0. The second-order valence-corrected chi connectivity index (χ2v) is 4.82. The first-order chi connectivity index (χ1) is 9.72. The Kier molecular flexibility index (Phi) is 6.10. The van der Waals surface area contributed by atoms with Crippen LogP contribution in [0.5, 0.6) is 0 Å². The highest BCUT2D eigenvalue weighted by molar-refractivity contribution is 5.67. The van der Waals surface area contributed by atoms with E-state index in [1.54, 1.807) is 6.92 Å². The van der Waals surface area contributed by atoms with Gasteiger partial charge in [-0.05, 0) is 6.92 Å². The minimum Gasteiger partial charge on any atom is -0.463 e. The average molecular weight is 304 g/mol. The van der Waals surface area contributed by atoms with Crippen LogP contribution in [0.1, 0.15) is 27.7 Å². The maximum atomic E-state index is 11.1. The molecule has 2 unspecified atom stereocenters. The highest BCUT2D eigenvalue weighted by Gasteiger charge is 2.47. The molecule has 120 valence electrons. The normalized spacial score (nSPS) is 32.1. The third-order valence-corrected chi connectivity index (χ3v) is 2.95. The predicted octanol–water partition coefficient (Wildman–Crippen LogP) is -0.439. The fourth-order valence-corrected chi connectivity index (χ4v) is 2.14. The van der Waals surface area contributed by atoms with Crippen LogP contribution in [-0.4, -0.2) is 60.1 Å². The van der Waals surface area contributed by atoms with Crippen LogP contribution in [0.25, 0.3) is 0 Å². The molecule has 0 aromatic heterocycles. The van der Waals surface area contributed by atoms with Crippen LogP contribution in [0.3, 0.4) is 0 Å². The van der Waals surface area contributed by atoms with Gasteiger partial charge in [0.15, 0.2) is 12.2 Å². The fraction of sp³-hybridized carbons (Fsp3) is 0.769. The molecule has 1 fully saturated rings. The summed E-state index contributed by atoms with van der Waals surface area (Å²) in [4.78, 5) is 33.1. The van der Waals surface area contributed by atoms with E-state index in [4.69, 9.17) is 18.9 Å². The monoisotopic (exact) mass is 304 g/mol. The molecule has 1 heterocycles. The Morgan fingerprint density at radius 3 is 2.00 bits per heavy atom. The van der Waals surface area contributed by atoms with Crippen LogP contribution in [-0.2, 0) is 33.3 Å². The van der Waals surface area contributed by atoms with Gasteiger partial charge in [0.1, 0.15) is 18.8 Å². The lowest BCUT2D eigenvalue weighted by Crippen LogP contribution is -2.60. The van der Waals surface area contributed by atoms with Gasteiger partial charge in [-0.2, -0.15) is 0 Å². The van der Waals surface area contributed by atoms with Gasteiger partial charge in [-0.1, -0.05) is 0 Å². The molecule has 1 aliphatic heterocycles. The van der Waals surface area contributed by atoms with Crippen molar-refractivity contribution in [1.82, 2.24) is 0 Å². The molecule has 0 spiro atoms. The Bertz CT molecular complexity index is 405. The van der Waals surface area contributed by atoms with Crippen molar-refractivity contribution >= 4 is 17.9 Å². The van der Waals surface area contributed by atoms with Gasteiger partial charge in [-0.15, -0.1) is 0 Å². The summed E-state index contributed by atoms with van der Waals surface area (Å²) in [7, 11) is 0. The first-order valence-electron chi connectivity index (χ1n) is 6.53. The van der Waals surface area contributed by atoms with E-state index < -0.39 is 48.4 Å². The zero-order valence-electron chi connectivity index (χ0n) is 12.4. The van der Waals surface area contributed by atoms with Gasteiger partial charge >= 0.3 is 17.9 Å². The highest BCUT2D eigenvalue weighted by atomic mass is 16.6. The van der Waals surface area contributed by atoms with E-state index in [1.807, 2.05) is 0 Å². The number of hydrogen-bond donors (Lipinski definition) is 1. The minimum atomic E-state index is -1.28. The Hall–Kier alpha value is -1.67. The van der Waals surface area contributed by atoms with Gasteiger partial charge in [0.05, 0.1) is 6.10 Å². The molecule has 0 saturated carbocycles. The molecule has 1 saturated heterocycles. The van der Waals surface area contributed by atoms with Crippen LogP contribution >= 0.6 is 0 Å². The van der Waals surface area contributed by atoms with Crippen LogP contribution < -0.4 is 0 Å². The Balaban J connectivity index is 2.86. The van der Waals surface area contributed by atoms with Crippen molar-refractivity contribution in [1.29, 1.82) is 0 Å². The molecule has 8 heteroatoms. The van der Waals surface area contributed by atoms with Crippen molar-refractivity contribution in [2.45, 2.75) is 58.2 Å². The summed E-state index contributed by atoms with van der Waals surface area (Å²) in [5, 5.41) is 10.3. The maximum Gasteiger partial charge on any atom is 0.303 e. The summed E-state index contributed by atoms with van der Waals surface area (Å²) in [5.74, 6) is -1.74. The average Bonchev–Trinajstić information content (AvgIpc) is 2.35. The number of rotatable bonds is 4. The van der Waals surface area contributed by atoms with Gasteiger partial charge in [0.2, 0.25) is 0 Å². The fourth-order valence-electron chi connectivity index (χ4n) is 2.14. The number of aliphatic hydroxyl groups is 1. The maximum absolute atomic E-state index is 11.1. The van der Waals surface area contributed by atoms with E-state index in [0.29, 0.717) is 0 Å². The zero-order chi connectivity index (χ0) is 16.2. The number of carbonyl (C=O) groups excluding carboxylic acids is 3. The summed E-state index contributed by atoms with van der Waals surface area (Å²) in [6.07, 6.45) is -4.82. The highest BCUT2D eigenvalue weighted by Crippen LogP contribution is 2.26. The molecule has 0 radical (unpaired) electrons. The molecule has 1 N–H and O–H groups in total. The summed E-state index contributed by atoms with van der Waals surface area (Å²) >= 11 is 0. The largest absolute Gasteiger partial charge is 0.463 e. The molecule has 0 bridgehead atoms. The van der Waals surface area contributed by atoms with Gasteiger partial charge in [0.25, 0.3) is 0 Å². The van der Waals surface area contributed by atoms with Crippen molar-refractivity contribution in [3.63, 3.8) is 0 Å². The number of esters is 3. The van der Waals surface area contributed by atoms with Crippen LogP contribution in [0, 0.1) is 0 Å². The second-order valence-electron chi connectivity index (χ2n) is 4.82. The van der Waals surface area contributed by atoms with Gasteiger partial charge in [0, 0.05) is 20.8 Å². The smallest absolute Gasteiger partial charge is 0.303 e. The third kappa shape index (κ3) is 4.98. The zero-order valence-corrected chi connectivity index (χ0v) is 12.4. The minimum absolute atomic E-state index is 0.179. The van der Waals surface area contributed by atoms with Crippen molar-refractivity contribution in [3.8, 4) is 0 Å².